The number of anilines is 3. The van der Waals surface area contributed by atoms with Crippen LogP contribution in [0.2, 0.25) is 20.1 Å². The smallest absolute Gasteiger partial charge is 0.701 e. The fourth-order valence-corrected chi connectivity index (χ4v) is 14.9. The number of urea groups is 1. The maximum absolute atomic E-state index is 12.8. The van der Waals surface area contributed by atoms with Gasteiger partial charge in [0.25, 0.3) is 0 Å². The standard InChI is InChI=1S/C24H34ClN5O5.C22H26ClN5O3.C19H25ClN4O2.C8H7BrN2.C8H11ClN2.C6H8N3.C5H9NO3.ClH.K/c1-14-10-16(11-15(2)20(14)25)30-21(27-22(31)26-12-19(33-6)34-7)17-13-29(9-8-18(17)28-30)23(32)35-24(3,4)5;1-13-10-15(11-14(2)18(13)23)28-19(27-9-7-24-20(27)29)16-12-26(8-6-17(16)25-28)21(30)31-22(3,4)5;1-11-8-13(9-12(2)16(11)20)24-17(21)14-10-23(7-6-15(14)22-24)18(25)26-19(3,4)5;1-11-8-3-2-7(9)4-6(8)5-10-11;1-5-3-7(11-10)4-6(2)8(5)9;7-3-5-4-9-2-1-6(5)8;1-8-5(9-2)3-6-4-7;;/h10-11,19H,8-9,12-13H2,1-7H3,(H2,26,27,31);7,9-11H,6,8,12H2,1-5H3,(H,24,29);8-9H,6-7,10,21H2,1-5H3;2-5H,1H3;3-4,11H,10H2,1-2H3;8-9H,1-2,4H2;5H,3H2,1-2H3;1H;/q;;;;;-1;;;+1. The summed E-state index contributed by atoms with van der Waals surface area (Å²) in [5, 5.41) is 39.6. The van der Waals surface area contributed by atoms with Crippen LogP contribution >= 0.6 is 74.7 Å². The van der Waals surface area contributed by atoms with Gasteiger partial charge in [-0.05, 0) is 242 Å². The molecule has 0 aliphatic carbocycles. The maximum Gasteiger partial charge on any atom is 1.00 e. The van der Waals surface area contributed by atoms with Crippen LogP contribution in [0.25, 0.3) is 39.5 Å². The summed E-state index contributed by atoms with van der Waals surface area (Å²) in [6, 6.07) is 23.1. The number of isocyanates is 1. The van der Waals surface area contributed by atoms with E-state index in [1.807, 2.05) is 202 Å². The molecule has 5 aromatic carbocycles. The molecule has 42 heteroatoms. The molecule has 10 N–H and O–H groups in total. The zero-order chi connectivity index (χ0) is 97.7. The summed E-state index contributed by atoms with van der Waals surface area (Å²) in [4.78, 5) is 83.5. The summed E-state index contributed by atoms with van der Waals surface area (Å²) >= 11 is 28.3. The van der Waals surface area contributed by atoms with Crippen LogP contribution < -0.4 is 90.0 Å². The molecule has 134 heavy (non-hydrogen) atoms. The van der Waals surface area contributed by atoms with Gasteiger partial charge in [0.1, 0.15) is 40.8 Å². The van der Waals surface area contributed by atoms with Crippen molar-refractivity contribution in [3.8, 4) is 28.9 Å². The number of hydrogen-bond acceptors (Lipinski definition) is 23. The first-order valence-electron chi connectivity index (χ1n) is 42.3. The van der Waals surface area contributed by atoms with Gasteiger partial charge in [-0.3, -0.25) is 20.4 Å². The Kier molecular flexibility index (Phi) is 43.3. The zero-order valence-corrected chi connectivity index (χ0v) is 88.7. The summed E-state index contributed by atoms with van der Waals surface area (Å²) in [7, 11) is 7.89. The molecule has 0 saturated heterocycles. The zero-order valence-electron chi connectivity index (χ0n) is 80.2. The predicted octanol–water partition coefficient (Wildman–Crippen LogP) is 14.9. The van der Waals surface area contributed by atoms with Gasteiger partial charge in [-0.25, -0.2) is 47.8 Å². The van der Waals surface area contributed by atoms with Gasteiger partial charge in [0, 0.05) is 151 Å². The number of methoxy groups -OCH3 is 4. The number of fused-ring (bicyclic) bond motifs is 4. The summed E-state index contributed by atoms with van der Waals surface area (Å²) in [5.41, 5.74) is 32.5. The predicted molar refractivity (Wildman–Crippen MR) is 524 cm³/mol. The number of hydrazine groups is 1. The van der Waals surface area contributed by atoms with E-state index in [9.17, 15) is 28.8 Å². The van der Waals surface area contributed by atoms with Crippen molar-refractivity contribution in [3.63, 3.8) is 0 Å². The number of aromatic amines is 1. The number of aliphatic imine (C=N–C) groups is 1. The number of halogens is 6. The van der Waals surface area contributed by atoms with Crippen molar-refractivity contribution >= 4 is 133 Å². The largest absolute Gasteiger partial charge is 1.00 e. The van der Waals surface area contributed by atoms with Crippen LogP contribution in [0.4, 0.5) is 36.5 Å². The van der Waals surface area contributed by atoms with Gasteiger partial charge in [0.15, 0.2) is 12.6 Å². The van der Waals surface area contributed by atoms with E-state index in [1.54, 1.807) is 41.1 Å². The number of H-pyrrole nitrogens is 1. The van der Waals surface area contributed by atoms with Crippen LogP contribution in [0.3, 0.4) is 0 Å². The van der Waals surface area contributed by atoms with Gasteiger partial charge in [-0.2, -0.15) is 25.7 Å². The summed E-state index contributed by atoms with van der Waals surface area (Å²) in [6.45, 7) is 36.4. The van der Waals surface area contributed by atoms with E-state index in [1.165, 1.54) is 44.5 Å². The third kappa shape index (κ3) is 31.3. The number of nitriles is 1. The number of ether oxygens (including phenoxy) is 7. The number of amides is 5. The number of benzene rings is 5. The Morgan fingerprint density at radius 3 is 1.46 bits per heavy atom. The topological polar surface area (TPSA) is 429 Å². The SMILES string of the molecule is COC(CN=C=O)OC.COC(CNC(=O)Nc1c2c(nn1-c1cc(C)c(Cl)c(C)c1)CCN(C(=O)OC(C)(C)C)C2)OC.Cc1cc(-n2nc3c(c2-n2cc[nH]c2=O)CN(C(=O)OC(C)(C)C)CC3)cc(C)c1Cl.Cc1cc(-n2nc3c(c2N)CN(C(=O)OC(C)(C)C)CC3)cc(C)c1Cl.Cc1cc(NN)cc(C)c1Cl.Cl.Cn1ncc2cc(Br)ccc21.N#CC1=C([NH-])CCNC1.[K+]. The number of rotatable bonds is 14. The van der Waals surface area contributed by atoms with Crippen molar-refractivity contribution in [1.82, 2.24) is 74.0 Å². The van der Waals surface area contributed by atoms with E-state index in [0.29, 0.717) is 104 Å². The Hall–Kier alpha value is -9.37. The molecule has 14 rings (SSSR count). The second-order valence-electron chi connectivity index (χ2n) is 34.4. The van der Waals surface area contributed by atoms with Crippen LogP contribution in [-0.4, -0.2) is 197 Å². The van der Waals surface area contributed by atoms with E-state index in [0.717, 1.165) is 128 Å². The summed E-state index contributed by atoms with van der Waals surface area (Å²) < 4.78 is 45.9. The number of imidazole rings is 1. The first-order valence-corrected chi connectivity index (χ1v) is 44.6. The van der Waals surface area contributed by atoms with Crippen LogP contribution in [0.1, 0.15) is 147 Å². The summed E-state index contributed by atoms with van der Waals surface area (Å²) in [5.74, 6) is 6.87. The fourth-order valence-electron chi connectivity index (χ4n) is 14.0. The van der Waals surface area contributed by atoms with Gasteiger partial charge < -0.3 is 80.4 Å². The van der Waals surface area contributed by atoms with Crippen molar-refractivity contribution in [2.45, 2.75) is 192 Å². The van der Waals surface area contributed by atoms with Gasteiger partial charge in [-0.15, -0.1) is 18.1 Å². The Bertz CT molecular complexity index is 5860. The second kappa shape index (κ2) is 51.2. The molecule has 0 fully saturated rings. The Morgan fingerprint density at radius 2 is 1.04 bits per heavy atom. The Balaban J connectivity index is 0.000000255. The molecule has 4 aliphatic heterocycles. The molecule has 9 heterocycles. The van der Waals surface area contributed by atoms with Crippen molar-refractivity contribution in [2.75, 3.05) is 90.7 Å². The normalized spacial score (nSPS) is 13.2. The number of aryl methyl sites for hydroxylation is 9. The molecule has 10 aromatic rings. The van der Waals surface area contributed by atoms with Gasteiger partial charge in [0.05, 0.1) is 78.1 Å². The van der Waals surface area contributed by atoms with Crippen LogP contribution in [-0.2, 0) is 83.9 Å². The molecule has 35 nitrogen and oxygen atoms in total. The number of nitrogens with one attached hydrogen (secondary N) is 6. The number of nitrogen functional groups attached to an aromatic ring is 2. The average Bonchev–Trinajstić information content (AvgIpc) is 1.60. The van der Waals surface area contributed by atoms with Crippen LogP contribution in [0, 0.1) is 66.7 Å². The minimum atomic E-state index is -0.611. The van der Waals surface area contributed by atoms with Crippen molar-refractivity contribution in [2.24, 2.45) is 17.9 Å². The molecule has 0 atom stereocenters. The van der Waals surface area contributed by atoms with Crippen molar-refractivity contribution < 1.29 is 109 Å². The van der Waals surface area contributed by atoms with Gasteiger partial charge >= 0.3 is 81.4 Å². The van der Waals surface area contributed by atoms with Crippen molar-refractivity contribution in [3.05, 3.63) is 216 Å². The third-order valence-electron chi connectivity index (χ3n) is 20.6. The molecule has 4 aliphatic rings. The van der Waals surface area contributed by atoms with Gasteiger partial charge in [-0.1, -0.05) is 62.3 Å². The minimum absolute atomic E-state index is 0. The molecule has 5 amide bonds. The number of aromatic nitrogens is 10. The first kappa shape index (κ1) is 113. The van der Waals surface area contributed by atoms with E-state index in [2.05, 4.69) is 63.5 Å². The average molecular weight is 2040 g/mol. The van der Waals surface area contributed by atoms with E-state index < -0.39 is 41.5 Å². The number of nitrogens with zero attached hydrogens (tertiary/aromatic N) is 14. The number of hydrogen-bond donors (Lipinski definition) is 7. The monoisotopic (exact) mass is 2030 g/mol. The van der Waals surface area contributed by atoms with E-state index in [4.69, 9.17) is 112 Å². The first-order chi connectivity index (χ1) is 62.1. The maximum atomic E-state index is 12.8. The molecule has 0 saturated carbocycles. The summed E-state index contributed by atoms with van der Waals surface area (Å²) in [6.07, 6.45) is 6.82. The molecule has 5 aromatic heterocycles. The number of nitrogens with two attached hydrogens (primary N) is 2. The number of carbonyl (C=O) groups excluding carboxylic acids is 5. The fraction of sp³-hybridized carbons (Fsp3) is 0.446. The molecule has 720 valence electrons. The van der Waals surface area contributed by atoms with E-state index >= 15 is 0 Å². The molecule has 0 radical (unpaired) electrons. The second-order valence-corrected chi connectivity index (χ2v) is 36.9. The van der Waals surface area contributed by atoms with E-state index in [-0.39, 0.29) is 101 Å². The van der Waals surface area contributed by atoms with Crippen LogP contribution in [0.5, 0.6) is 0 Å². The third-order valence-corrected chi connectivity index (χ3v) is 23.5. The van der Waals surface area contributed by atoms with Crippen LogP contribution in [0.15, 0.2) is 111 Å². The molecular formula is C92H121BrCl5KN22O13. The molecular weight excluding hydrogens is 1920 g/mol. The number of carbonyl (C=O) groups is 4. The van der Waals surface area contributed by atoms with Crippen molar-refractivity contribution in [1.29, 1.82) is 5.26 Å². The molecule has 0 bridgehead atoms. The quantitative estimate of drug-likeness (QED) is 0.0101. The minimum Gasteiger partial charge on any atom is -0.701 e. The Labute approximate surface area is 859 Å². The molecule has 0 spiro atoms. The van der Waals surface area contributed by atoms with Gasteiger partial charge in [0.2, 0.25) is 6.08 Å². The molecule has 0 unspecified atom stereocenters. The Morgan fingerprint density at radius 1 is 0.619 bits per heavy atom.